The molecule has 0 aliphatic carbocycles. The summed E-state index contributed by atoms with van der Waals surface area (Å²) in [5.74, 6) is -2.82. The lowest BCUT2D eigenvalue weighted by Crippen LogP contribution is -2.61. The topological polar surface area (TPSA) is 178 Å². The molecule has 2 aromatic carbocycles. The van der Waals surface area contributed by atoms with Crippen LogP contribution in [0.2, 0.25) is 0 Å². The predicted molar refractivity (Wildman–Crippen MR) is 182 cm³/mol. The zero-order chi connectivity index (χ0) is 39.1. The molecule has 53 heavy (non-hydrogen) atoms. The number of carbonyl (C=O) groups excluding carboxylic acids is 2. The third kappa shape index (κ3) is 14.8. The van der Waals surface area contributed by atoms with Gasteiger partial charge in [-0.2, -0.15) is 13.2 Å². The average molecular weight is 763 g/mol. The minimum Gasteiger partial charge on any atom is -0.391 e. The average Bonchev–Trinajstić information content (AvgIpc) is 3.10. The van der Waals surface area contributed by atoms with Gasteiger partial charge in [0.25, 0.3) is 0 Å². The van der Waals surface area contributed by atoms with E-state index >= 15 is 0 Å². The molecule has 3 rings (SSSR count). The molecule has 298 valence electrons. The number of unbranched alkanes of at least 4 members (excludes halogenated alkanes) is 7. The highest BCUT2D eigenvalue weighted by atomic mass is 19.4. The number of ether oxygens (including phenoxy) is 2. The SMILES string of the molecule is C[C@@H](O)[C@@H](O)[C@H](CO[C@H]1OC(CNC(=O)Cc2cccc(C(F)(F)F)c2)[C@H](O)C(O)C1O)NC(=O)CCCCCCCCCCc1ccc(F)c(F)c1. The summed E-state index contributed by atoms with van der Waals surface area (Å²) in [6.45, 7) is 0.419. The van der Waals surface area contributed by atoms with Gasteiger partial charge in [-0.05, 0) is 55.5 Å². The molecule has 2 amide bonds. The van der Waals surface area contributed by atoms with E-state index in [4.69, 9.17) is 9.47 Å². The number of halogens is 5. The molecule has 0 spiro atoms. The first-order chi connectivity index (χ1) is 25.1. The number of nitrogens with one attached hydrogen (secondary N) is 2. The third-order valence-electron chi connectivity index (χ3n) is 9.08. The maximum Gasteiger partial charge on any atom is 0.416 e. The normalized spacial score (nSPS) is 22.2. The summed E-state index contributed by atoms with van der Waals surface area (Å²) in [6.07, 6.45) is -8.08. The Kier molecular flexibility index (Phi) is 18.0. The maximum absolute atomic E-state index is 13.3. The van der Waals surface area contributed by atoms with Crippen molar-refractivity contribution < 1.29 is 66.5 Å². The van der Waals surface area contributed by atoms with Crippen molar-refractivity contribution in [2.75, 3.05) is 13.2 Å². The Morgan fingerprint density at radius 2 is 1.49 bits per heavy atom. The van der Waals surface area contributed by atoms with Crippen LogP contribution in [0.15, 0.2) is 42.5 Å². The van der Waals surface area contributed by atoms with Gasteiger partial charge in [-0.3, -0.25) is 9.59 Å². The fourth-order valence-electron chi connectivity index (χ4n) is 5.95. The van der Waals surface area contributed by atoms with Gasteiger partial charge in [-0.15, -0.1) is 0 Å². The maximum atomic E-state index is 13.3. The predicted octanol–water partition coefficient (Wildman–Crippen LogP) is 3.45. The van der Waals surface area contributed by atoms with Gasteiger partial charge in [0, 0.05) is 13.0 Å². The van der Waals surface area contributed by atoms with Gasteiger partial charge in [-0.25, -0.2) is 8.78 Å². The molecule has 7 N–H and O–H groups in total. The van der Waals surface area contributed by atoms with Crippen molar-refractivity contribution in [3.05, 3.63) is 70.8 Å². The summed E-state index contributed by atoms with van der Waals surface area (Å²) in [5, 5.41) is 56.9. The number of rotatable bonds is 21. The van der Waals surface area contributed by atoms with Crippen LogP contribution in [0, 0.1) is 11.6 Å². The molecule has 1 aliphatic heterocycles. The van der Waals surface area contributed by atoms with E-state index in [9.17, 15) is 57.1 Å². The number of aryl methyl sites for hydroxylation is 1. The highest BCUT2D eigenvalue weighted by molar-refractivity contribution is 5.78. The number of amides is 2. The smallest absolute Gasteiger partial charge is 0.391 e. The Labute approximate surface area is 305 Å². The number of hydrogen-bond acceptors (Lipinski definition) is 9. The van der Waals surface area contributed by atoms with Crippen molar-refractivity contribution in [2.45, 2.75) is 133 Å². The van der Waals surface area contributed by atoms with E-state index in [0.29, 0.717) is 12.8 Å². The minimum absolute atomic E-state index is 0.0903. The monoisotopic (exact) mass is 762 g/mol. The molecule has 0 saturated carbocycles. The number of hydrogen-bond donors (Lipinski definition) is 7. The summed E-state index contributed by atoms with van der Waals surface area (Å²) in [4.78, 5) is 25.2. The second-order valence-electron chi connectivity index (χ2n) is 13.5. The van der Waals surface area contributed by atoms with Gasteiger partial charge >= 0.3 is 6.18 Å². The van der Waals surface area contributed by atoms with Crippen LogP contribution in [-0.2, 0) is 38.1 Å². The molecule has 1 saturated heterocycles. The molecular formula is C37H51F5N2O9. The van der Waals surface area contributed by atoms with Crippen LogP contribution in [-0.4, -0.2) is 99.5 Å². The van der Waals surface area contributed by atoms with Crippen LogP contribution in [0.4, 0.5) is 22.0 Å². The van der Waals surface area contributed by atoms with Crippen LogP contribution in [0.5, 0.6) is 0 Å². The van der Waals surface area contributed by atoms with Crippen molar-refractivity contribution in [1.29, 1.82) is 0 Å². The van der Waals surface area contributed by atoms with E-state index in [-0.39, 0.29) is 12.0 Å². The van der Waals surface area contributed by atoms with E-state index in [1.54, 1.807) is 6.07 Å². The number of aliphatic hydroxyl groups is 5. The lowest BCUT2D eigenvalue weighted by Gasteiger charge is -2.41. The number of aliphatic hydroxyl groups excluding tert-OH is 5. The fraction of sp³-hybridized carbons (Fsp3) is 0.622. The molecule has 0 aromatic heterocycles. The molecule has 0 radical (unpaired) electrons. The van der Waals surface area contributed by atoms with Crippen molar-refractivity contribution >= 4 is 11.8 Å². The molecule has 16 heteroatoms. The van der Waals surface area contributed by atoms with E-state index < -0.39 is 104 Å². The Morgan fingerprint density at radius 1 is 0.830 bits per heavy atom. The molecule has 11 nitrogen and oxygen atoms in total. The zero-order valence-corrected chi connectivity index (χ0v) is 29.6. The molecular weight excluding hydrogens is 711 g/mol. The van der Waals surface area contributed by atoms with Gasteiger partial charge in [0.2, 0.25) is 11.8 Å². The largest absolute Gasteiger partial charge is 0.416 e. The summed E-state index contributed by atoms with van der Waals surface area (Å²) < 4.78 is 76.6. The lowest BCUT2D eigenvalue weighted by atomic mass is 9.98. The zero-order valence-electron chi connectivity index (χ0n) is 29.6. The van der Waals surface area contributed by atoms with Gasteiger partial charge in [-0.1, -0.05) is 62.8 Å². The van der Waals surface area contributed by atoms with E-state index in [1.807, 2.05) is 0 Å². The fourth-order valence-corrected chi connectivity index (χ4v) is 5.95. The molecule has 3 unspecified atom stereocenters. The van der Waals surface area contributed by atoms with Crippen molar-refractivity contribution in [3.63, 3.8) is 0 Å². The quantitative estimate of drug-likeness (QED) is 0.0742. The van der Waals surface area contributed by atoms with Crippen LogP contribution >= 0.6 is 0 Å². The summed E-state index contributed by atoms with van der Waals surface area (Å²) in [7, 11) is 0. The van der Waals surface area contributed by atoms with Gasteiger partial charge in [0.15, 0.2) is 17.9 Å². The van der Waals surface area contributed by atoms with Crippen molar-refractivity contribution in [1.82, 2.24) is 10.6 Å². The second kappa shape index (κ2) is 21.6. The third-order valence-corrected chi connectivity index (χ3v) is 9.08. The number of benzene rings is 2. The van der Waals surface area contributed by atoms with E-state index in [2.05, 4.69) is 10.6 Å². The first-order valence-electron chi connectivity index (χ1n) is 17.9. The summed E-state index contributed by atoms with van der Waals surface area (Å²) in [6, 6.07) is 7.01. The van der Waals surface area contributed by atoms with Gasteiger partial charge < -0.3 is 45.6 Å². The molecule has 1 aliphatic rings. The van der Waals surface area contributed by atoms with Crippen LogP contribution < -0.4 is 10.6 Å². The highest BCUT2D eigenvalue weighted by Gasteiger charge is 2.45. The standard InChI is InChI=1S/C37H51F5N2O9/c1-22(45)32(48)28(44-30(46)14-9-7-5-3-2-4-6-8-11-23-15-16-26(38)27(39)18-23)21-52-36-35(51)34(50)33(49)29(53-36)20-43-31(47)19-24-12-10-13-25(17-24)37(40,41)42/h10,12-13,15-18,22,28-29,32-36,45,48-51H,2-9,11,14,19-21H2,1H3,(H,43,47)(H,44,46)/t22-,28+,29?,32-,33+,34?,35?,36+/m1/s1. The summed E-state index contributed by atoms with van der Waals surface area (Å²) >= 11 is 0. The Morgan fingerprint density at radius 3 is 2.13 bits per heavy atom. The first kappa shape index (κ1) is 44.1. The van der Waals surface area contributed by atoms with Gasteiger partial charge in [0.1, 0.15) is 30.5 Å². The summed E-state index contributed by atoms with van der Waals surface area (Å²) in [5.41, 5.74) is -0.0633. The van der Waals surface area contributed by atoms with Crippen LogP contribution in [0.3, 0.4) is 0 Å². The molecule has 1 fully saturated rings. The molecule has 0 bridgehead atoms. The van der Waals surface area contributed by atoms with Crippen LogP contribution in [0.1, 0.15) is 81.4 Å². The molecule has 8 atom stereocenters. The minimum atomic E-state index is -4.59. The Hall–Kier alpha value is -3.25. The number of carbonyl (C=O) groups is 2. The molecule has 1 heterocycles. The lowest BCUT2D eigenvalue weighted by molar-refractivity contribution is -0.297. The second-order valence-corrected chi connectivity index (χ2v) is 13.5. The van der Waals surface area contributed by atoms with E-state index in [1.165, 1.54) is 25.1 Å². The van der Waals surface area contributed by atoms with Crippen LogP contribution in [0.25, 0.3) is 0 Å². The van der Waals surface area contributed by atoms with Crippen molar-refractivity contribution in [3.8, 4) is 0 Å². The highest BCUT2D eigenvalue weighted by Crippen LogP contribution is 2.29. The van der Waals surface area contributed by atoms with Gasteiger partial charge in [0.05, 0.1) is 30.7 Å². The van der Waals surface area contributed by atoms with E-state index in [0.717, 1.165) is 68.7 Å². The Bertz CT molecular complexity index is 1430. The molecule has 2 aromatic rings. The van der Waals surface area contributed by atoms with Crippen molar-refractivity contribution in [2.24, 2.45) is 0 Å². The Balaban J connectivity index is 1.39. The number of alkyl halides is 3. The first-order valence-corrected chi connectivity index (χ1v) is 17.9.